The summed E-state index contributed by atoms with van der Waals surface area (Å²) in [5, 5.41) is 8.87. The van der Waals surface area contributed by atoms with E-state index in [1.54, 1.807) is 18.2 Å². The molecule has 0 aliphatic carbocycles. The number of carboxylic acids is 1. The van der Waals surface area contributed by atoms with Gasteiger partial charge in [0.05, 0.1) is 6.54 Å². The second-order valence-electron chi connectivity index (χ2n) is 5.19. The van der Waals surface area contributed by atoms with Gasteiger partial charge in [0.1, 0.15) is 12.1 Å². The molecule has 1 aromatic carbocycles. The number of halogens is 1. The van der Waals surface area contributed by atoms with E-state index in [0.717, 1.165) is 12.7 Å². The van der Waals surface area contributed by atoms with Gasteiger partial charge in [-0.05, 0) is 19.4 Å². The van der Waals surface area contributed by atoms with Crippen molar-refractivity contribution in [3.8, 4) is 0 Å². The summed E-state index contributed by atoms with van der Waals surface area (Å²) in [5.41, 5.74) is 0.470. The molecule has 1 N–H and O–H groups in total. The molecule has 0 aliphatic rings. The van der Waals surface area contributed by atoms with Crippen molar-refractivity contribution < 1.29 is 18.7 Å². The highest BCUT2D eigenvalue weighted by atomic mass is 19.1. The van der Waals surface area contributed by atoms with Gasteiger partial charge in [0, 0.05) is 18.2 Å². The number of carboxylic acid groups (broad SMARTS) is 1. The van der Waals surface area contributed by atoms with Crippen LogP contribution in [-0.2, 0) is 13.1 Å². The van der Waals surface area contributed by atoms with Crippen molar-refractivity contribution in [2.24, 2.45) is 0 Å². The Morgan fingerprint density at radius 2 is 2.14 bits per heavy atom. The molecule has 1 unspecified atom stereocenters. The maximum absolute atomic E-state index is 13.8. The molecule has 0 aliphatic heterocycles. The summed E-state index contributed by atoms with van der Waals surface area (Å²) in [6.45, 7) is 4.81. The third-order valence-electron chi connectivity index (χ3n) is 3.65. The molecule has 0 bridgehead atoms. The third-order valence-corrected chi connectivity index (χ3v) is 3.65. The highest BCUT2D eigenvalue weighted by Gasteiger charge is 2.19. The van der Waals surface area contributed by atoms with E-state index >= 15 is 0 Å². The van der Waals surface area contributed by atoms with Crippen LogP contribution < -0.4 is 0 Å². The first-order valence-corrected chi connectivity index (χ1v) is 7.16. The minimum absolute atomic E-state index is 0.120. The zero-order valence-corrected chi connectivity index (χ0v) is 12.6. The van der Waals surface area contributed by atoms with Crippen LogP contribution in [0.3, 0.4) is 0 Å². The Bertz CT molecular complexity index is 642. The Balaban J connectivity index is 2.15. The Morgan fingerprint density at radius 3 is 2.73 bits per heavy atom. The Morgan fingerprint density at radius 1 is 1.41 bits per heavy atom. The molecule has 0 amide bonds. The molecule has 1 aromatic heterocycles. The van der Waals surface area contributed by atoms with E-state index in [0.29, 0.717) is 24.5 Å². The first kappa shape index (κ1) is 16.2. The van der Waals surface area contributed by atoms with E-state index in [9.17, 15) is 9.18 Å². The number of carbonyl (C=O) groups is 1. The first-order chi connectivity index (χ1) is 10.5. The fourth-order valence-electron chi connectivity index (χ4n) is 2.13. The molecular weight excluding hydrogens is 287 g/mol. The van der Waals surface area contributed by atoms with E-state index in [1.165, 1.54) is 6.07 Å². The molecule has 5 nitrogen and oxygen atoms in total. The lowest BCUT2D eigenvalue weighted by atomic mass is 10.1. The van der Waals surface area contributed by atoms with Crippen molar-refractivity contribution in [3.05, 3.63) is 53.5 Å². The highest BCUT2D eigenvalue weighted by Crippen LogP contribution is 2.17. The summed E-state index contributed by atoms with van der Waals surface area (Å²) in [4.78, 5) is 16.8. The largest absolute Gasteiger partial charge is 0.476 e. The minimum atomic E-state index is -1.13. The molecule has 22 heavy (non-hydrogen) atoms. The zero-order chi connectivity index (χ0) is 16.1. The van der Waals surface area contributed by atoms with Crippen molar-refractivity contribution >= 4 is 5.97 Å². The standard InChI is InChI=1S/C16H19FN2O3/c1-3-11(2)19(8-12-6-4-5-7-13(12)17)9-15-18-14(10-22-15)16(20)21/h4-7,10-11H,3,8-9H2,1-2H3,(H,20,21). The van der Waals surface area contributed by atoms with E-state index in [2.05, 4.69) is 4.98 Å². The van der Waals surface area contributed by atoms with Crippen LogP contribution in [0, 0.1) is 5.82 Å². The first-order valence-electron chi connectivity index (χ1n) is 7.16. The van der Waals surface area contributed by atoms with Crippen molar-refractivity contribution in [1.29, 1.82) is 0 Å². The number of rotatable bonds is 7. The molecule has 118 valence electrons. The van der Waals surface area contributed by atoms with Gasteiger partial charge in [-0.1, -0.05) is 25.1 Å². The number of nitrogens with zero attached hydrogens (tertiary/aromatic N) is 2. The molecule has 0 fully saturated rings. The van der Waals surface area contributed by atoms with Gasteiger partial charge in [-0.25, -0.2) is 14.2 Å². The molecule has 0 spiro atoms. The van der Waals surface area contributed by atoms with Crippen LogP contribution in [0.15, 0.2) is 34.9 Å². The van der Waals surface area contributed by atoms with Crippen LogP contribution >= 0.6 is 0 Å². The van der Waals surface area contributed by atoms with Crippen LogP contribution in [0.4, 0.5) is 4.39 Å². The normalized spacial score (nSPS) is 12.5. The lowest BCUT2D eigenvalue weighted by Crippen LogP contribution is -2.32. The summed E-state index contributed by atoms with van der Waals surface area (Å²) in [5.74, 6) is -1.07. The van der Waals surface area contributed by atoms with Crippen LogP contribution in [0.5, 0.6) is 0 Å². The lowest BCUT2D eigenvalue weighted by molar-refractivity contribution is 0.0690. The monoisotopic (exact) mass is 306 g/mol. The summed E-state index contributed by atoms with van der Waals surface area (Å²) in [6, 6.07) is 6.79. The van der Waals surface area contributed by atoms with E-state index in [1.807, 2.05) is 18.7 Å². The summed E-state index contributed by atoms with van der Waals surface area (Å²) in [7, 11) is 0. The summed E-state index contributed by atoms with van der Waals surface area (Å²) in [6.07, 6.45) is 2.00. The zero-order valence-electron chi connectivity index (χ0n) is 12.6. The molecule has 1 atom stereocenters. The molecule has 6 heteroatoms. The van der Waals surface area contributed by atoms with Crippen molar-refractivity contribution in [1.82, 2.24) is 9.88 Å². The molecule has 0 radical (unpaired) electrons. The quantitative estimate of drug-likeness (QED) is 0.850. The highest BCUT2D eigenvalue weighted by molar-refractivity contribution is 5.84. The van der Waals surface area contributed by atoms with Gasteiger partial charge in [-0.3, -0.25) is 4.90 Å². The van der Waals surface area contributed by atoms with Crippen LogP contribution in [-0.4, -0.2) is 27.0 Å². The second-order valence-corrected chi connectivity index (χ2v) is 5.19. The average molecular weight is 306 g/mol. The predicted molar refractivity (Wildman–Crippen MR) is 78.9 cm³/mol. The van der Waals surface area contributed by atoms with Crippen LogP contribution in [0.25, 0.3) is 0 Å². The van der Waals surface area contributed by atoms with Gasteiger partial charge in [-0.2, -0.15) is 0 Å². The van der Waals surface area contributed by atoms with Crippen molar-refractivity contribution in [2.45, 2.75) is 39.4 Å². The number of aromatic carboxylic acids is 1. The van der Waals surface area contributed by atoms with Gasteiger partial charge < -0.3 is 9.52 Å². The maximum Gasteiger partial charge on any atom is 0.357 e. The predicted octanol–water partition coefficient (Wildman–Crippen LogP) is 3.31. The van der Waals surface area contributed by atoms with Crippen molar-refractivity contribution in [3.63, 3.8) is 0 Å². The Kier molecular flexibility index (Phi) is 5.27. The van der Waals surface area contributed by atoms with Crippen LogP contribution in [0.1, 0.15) is 42.2 Å². The molecule has 0 saturated heterocycles. The molecule has 0 saturated carbocycles. The average Bonchev–Trinajstić information content (AvgIpc) is 2.97. The van der Waals surface area contributed by atoms with E-state index < -0.39 is 5.97 Å². The second kappa shape index (κ2) is 7.17. The SMILES string of the molecule is CCC(C)N(Cc1nc(C(=O)O)co1)Cc1ccccc1F. The summed E-state index contributed by atoms with van der Waals surface area (Å²) >= 11 is 0. The topological polar surface area (TPSA) is 66.6 Å². The number of aromatic nitrogens is 1. The smallest absolute Gasteiger partial charge is 0.357 e. The van der Waals surface area contributed by atoms with E-state index in [4.69, 9.17) is 9.52 Å². The van der Waals surface area contributed by atoms with Gasteiger partial charge in [0.15, 0.2) is 5.69 Å². The lowest BCUT2D eigenvalue weighted by Gasteiger charge is -2.27. The fourth-order valence-corrected chi connectivity index (χ4v) is 2.13. The molecular formula is C16H19FN2O3. The maximum atomic E-state index is 13.8. The third kappa shape index (κ3) is 3.92. The summed E-state index contributed by atoms with van der Waals surface area (Å²) < 4.78 is 19.0. The van der Waals surface area contributed by atoms with Gasteiger partial charge in [-0.15, -0.1) is 0 Å². The van der Waals surface area contributed by atoms with Crippen LogP contribution in [0.2, 0.25) is 0 Å². The number of hydrogen-bond donors (Lipinski definition) is 1. The number of oxazole rings is 1. The Labute approximate surface area is 128 Å². The van der Waals surface area contributed by atoms with Gasteiger partial charge in [0.25, 0.3) is 0 Å². The molecule has 1 heterocycles. The Hall–Kier alpha value is -2.21. The van der Waals surface area contributed by atoms with Gasteiger partial charge >= 0.3 is 5.97 Å². The fraction of sp³-hybridized carbons (Fsp3) is 0.375. The minimum Gasteiger partial charge on any atom is -0.476 e. The van der Waals surface area contributed by atoms with Gasteiger partial charge in [0.2, 0.25) is 5.89 Å². The molecule has 2 rings (SSSR count). The van der Waals surface area contributed by atoms with E-state index in [-0.39, 0.29) is 17.6 Å². The molecule has 2 aromatic rings. The number of benzene rings is 1. The van der Waals surface area contributed by atoms with Crippen molar-refractivity contribution in [2.75, 3.05) is 0 Å². The number of hydrogen-bond acceptors (Lipinski definition) is 4.